The van der Waals surface area contributed by atoms with Gasteiger partial charge in [0.1, 0.15) is 5.69 Å². The van der Waals surface area contributed by atoms with Crippen LogP contribution in [0, 0.1) is 0 Å². The maximum atomic E-state index is 11.9. The van der Waals surface area contributed by atoms with Gasteiger partial charge in [0.25, 0.3) is 5.89 Å². The van der Waals surface area contributed by atoms with Crippen molar-refractivity contribution in [3.05, 3.63) is 36.7 Å². The SMILES string of the molecule is CC(=O)C(C(C)=O)n1c(-c2nnco2)cc2ccccc21. The zero-order valence-corrected chi connectivity index (χ0v) is 11.6. The lowest BCUT2D eigenvalue weighted by atomic mass is 10.1. The molecule has 0 N–H and O–H groups in total. The molecule has 2 aromatic heterocycles. The molecule has 0 saturated carbocycles. The number of carbonyl (C=O) groups is 2. The van der Waals surface area contributed by atoms with E-state index in [1.165, 1.54) is 20.2 Å². The summed E-state index contributed by atoms with van der Waals surface area (Å²) in [6.45, 7) is 2.80. The molecular formula is C15H13N3O3. The largest absolute Gasteiger partial charge is 0.422 e. The monoisotopic (exact) mass is 283 g/mol. The van der Waals surface area contributed by atoms with Crippen LogP contribution in [0.3, 0.4) is 0 Å². The first-order valence-electron chi connectivity index (χ1n) is 6.47. The minimum absolute atomic E-state index is 0.232. The molecule has 6 nitrogen and oxygen atoms in total. The van der Waals surface area contributed by atoms with Crippen molar-refractivity contribution in [2.75, 3.05) is 0 Å². The number of carbonyl (C=O) groups excluding carboxylic acids is 2. The Morgan fingerprint density at radius 2 is 1.90 bits per heavy atom. The molecule has 0 unspecified atom stereocenters. The highest BCUT2D eigenvalue weighted by Gasteiger charge is 2.27. The van der Waals surface area contributed by atoms with Gasteiger partial charge in [0.15, 0.2) is 17.6 Å². The lowest BCUT2D eigenvalue weighted by Gasteiger charge is -2.16. The van der Waals surface area contributed by atoms with Gasteiger partial charge in [-0.3, -0.25) is 9.59 Å². The lowest BCUT2D eigenvalue weighted by Crippen LogP contribution is -2.24. The average molecular weight is 283 g/mol. The Bertz CT molecular complexity index is 804. The molecule has 0 bridgehead atoms. The predicted octanol–water partition coefficient (Wildman–Crippen LogP) is 2.41. The number of benzene rings is 1. The average Bonchev–Trinajstić information content (AvgIpc) is 3.06. The fraction of sp³-hybridized carbons (Fsp3) is 0.200. The lowest BCUT2D eigenvalue weighted by molar-refractivity contribution is -0.129. The maximum absolute atomic E-state index is 11.9. The summed E-state index contributed by atoms with van der Waals surface area (Å²) in [4.78, 5) is 23.9. The van der Waals surface area contributed by atoms with Crippen molar-refractivity contribution in [3.8, 4) is 11.6 Å². The standard InChI is InChI=1S/C15H13N3O3/c1-9(19)14(10(2)20)18-12-6-4-3-5-11(12)7-13(18)15-17-16-8-21-15/h3-8,14H,1-2H3. The molecule has 0 aliphatic heterocycles. The van der Waals surface area contributed by atoms with Gasteiger partial charge >= 0.3 is 0 Å². The van der Waals surface area contributed by atoms with Crippen LogP contribution in [0.5, 0.6) is 0 Å². The van der Waals surface area contributed by atoms with Crippen LogP contribution in [0.1, 0.15) is 19.9 Å². The Balaban J connectivity index is 2.35. The Morgan fingerprint density at radius 3 is 2.52 bits per heavy atom. The van der Waals surface area contributed by atoms with E-state index in [0.29, 0.717) is 5.69 Å². The molecule has 0 aliphatic carbocycles. The van der Waals surface area contributed by atoms with Crippen molar-refractivity contribution in [1.29, 1.82) is 0 Å². The highest BCUT2D eigenvalue weighted by Crippen LogP contribution is 2.31. The van der Waals surface area contributed by atoms with Gasteiger partial charge in [-0.15, -0.1) is 10.2 Å². The van der Waals surface area contributed by atoms with Crippen molar-refractivity contribution in [2.45, 2.75) is 19.9 Å². The minimum atomic E-state index is -0.896. The number of nitrogens with zero attached hydrogens (tertiary/aromatic N) is 3. The second kappa shape index (κ2) is 4.97. The van der Waals surface area contributed by atoms with E-state index >= 15 is 0 Å². The van der Waals surface area contributed by atoms with Crippen molar-refractivity contribution < 1.29 is 14.0 Å². The predicted molar refractivity (Wildman–Crippen MR) is 75.6 cm³/mol. The molecule has 0 radical (unpaired) electrons. The van der Waals surface area contributed by atoms with Crippen LogP contribution in [0.25, 0.3) is 22.5 Å². The summed E-state index contributed by atoms with van der Waals surface area (Å²) < 4.78 is 6.89. The molecule has 21 heavy (non-hydrogen) atoms. The van der Waals surface area contributed by atoms with Crippen LogP contribution < -0.4 is 0 Å². The zero-order valence-electron chi connectivity index (χ0n) is 11.6. The number of rotatable bonds is 4. The number of para-hydroxylation sites is 1. The topological polar surface area (TPSA) is 78.0 Å². The molecule has 0 atom stereocenters. The van der Waals surface area contributed by atoms with E-state index in [-0.39, 0.29) is 17.5 Å². The molecular weight excluding hydrogens is 270 g/mol. The fourth-order valence-electron chi connectivity index (χ4n) is 2.55. The van der Waals surface area contributed by atoms with Gasteiger partial charge in [-0.25, -0.2) is 0 Å². The molecule has 1 aromatic carbocycles. The summed E-state index contributed by atoms with van der Waals surface area (Å²) in [5.41, 5.74) is 1.34. The van der Waals surface area contributed by atoms with E-state index in [4.69, 9.17) is 4.42 Å². The molecule has 2 heterocycles. The van der Waals surface area contributed by atoms with Crippen LogP contribution in [0.2, 0.25) is 0 Å². The summed E-state index contributed by atoms with van der Waals surface area (Å²) in [6, 6.07) is 8.44. The zero-order chi connectivity index (χ0) is 15.0. The summed E-state index contributed by atoms with van der Waals surface area (Å²) in [7, 11) is 0. The van der Waals surface area contributed by atoms with Gasteiger partial charge < -0.3 is 8.98 Å². The second-order valence-electron chi connectivity index (χ2n) is 4.83. The van der Waals surface area contributed by atoms with Crippen molar-refractivity contribution in [1.82, 2.24) is 14.8 Å². The van der Waals surface area contributed by atoms with E-state index in [1.807, 2.05) is 30.3 Å². The smallest absolute Gasteiger partial charge is 0.264 e. The van der Waals surface area contributed by atoms with Crippen molar-refractivity contribution >= 4 is 22.5 Å². The second-order valence-corrected chi connectivity index (χ2v) is 4.83. The molecule has 0 aliphatic rings. The first kappa shape index (κ1) is 13.2. The van der Waals surface area contributed by atoms with E-state index < -0.39 is 6.04 Å². The third-order valence-electron chi connectivity index (χ3n) is 3.36. The van der Waals surface area contributed by atoms with Gasteiger partial charge in [-0.05, 0) is 26.0 Å². The maximum Gasteiger partial charge on any atom is 0.264 e. The number of Topliss-reactive ketones (excluding diaryl/α,β-unsaturated/α-hetero) is 2. The highest BCUT2D eigenvalue weighted by atomic mass is 16.4. The number of fused-ring (bicyclic) bond motifs is 1. The molecule has 6 heteroatoms. The first-order chi connectivity index (χ1) is 10.1. The Kier molecular flexibility index (Phi) is 3.13. The normalized spacial score (nSPS) is 11.2. The van der Waals surface area contributed by atoms with Crippen LogP contribution >= 0.6 is 0 Å². The number of hydrogen-bond donors (Lipinski definition) is 0. The van der Waals surface area contributed by atoms with E-state index in [1.54, 1.807) is 4.57 Å². The number of aromatic nitrogens is 3. The fourth-order valence-corrected chi connectivity index (χ4v) is 2.55. The molecule has 0 saturated heterocycles. The Labute approximate surface area is 120 Å². The van der Waals surface area contributed by atoms with Crippen LogP contribution in [0.15, 0.2) is 41.1 Å². The van der Waals surface area contributed by atoms with Gasteiger partial charge in [-0.1, -0.05) is 18.2 Å². The van der Waals surface area contributed by atoms with Crippen LogP contribution in [0.4, 0.5) is 0 Å². The van der Waals surface area contributed by atoms with Gasteiger partial charge in [0, 0.05) is 10.9 Å². The molecule has 3 aromatic rings. The third kappa shape index (κ3) is 2.14. The van der Waals surface area contributed by atoms with E-state index in [2.05, 4.69) is 10.2 Å². The molecule has 3 rings (SSSR count). The van der Waals surface area contributed by atoms with Crippen molar-refractivity contribution in [2.24, 2.45) is 0 Å². The van der Waals surface area contributed by atoms with Gasteiger partial charge in [0.05, 0.1) is 0 Å². The van der Waals surface area contributed by atoms with E-state index in [0.717, 1.165) is 10.9 Å². The van der Waals surface area contributed by atoms with Crippen LogP contribution in [-0.2, 0) is 9.59 Å². The summed E-state index contributed by atoms with van der Waals surface area (Å²) >= 11 is 0. The quantitative estimate of drug-likeness (QED) is 0.687. The first-order valence-corrected chi connectivity index (χ1v) is 6.47. The number of ketones is 2. The van der Waals surface area contributed by atoms with Crippen molar-refractivity contribution in [3.63, 3.8) is 0 Å². The Morgan fingerprint density at radius 1 is 1.19 bits per heavy atom. The highest BCUT2D eigenvalue weighted by molar-refractivity contribution is 6.04. The van der Waals surface area contributed by atoms with E-state index in [9.17, 15) is 9.59 Å². The number of hydrogen-bond acceptors (Lipinski definition) is 5. The van der Waals surface area contributed by atoms with Crippen LogP contribution in [-0.4, -0.2) is 26.3 Å². The molecule has 0 spiro atoms. The van der Waals surface area contributed by atoms with Gasteiger partial charge in [-0.2, -0.15) is 0 Å². The summed E-state index contributed by atoms with van der Waals surface area (Å²) in [5, 5.41) is 8.44. The minimum Gasteiger partial charge on any atom is -0.422 e. The third-order valence-corrected chi connectivity index (χ3v) is 3.36. The summed E-state index contributed by atoms with van der Waals surface area (Å²) in [6.07, 6.45) is 1.22. The molecule has 0 fully saturated rings. The molecule has 0 amide bonds. The molecule has 106 valence electrons. The van der Waals surface area contributed by atoms with Gasteiger partial charge in [0.2, 0.25) is 6.39 Å². The Hall–Kier alpha value is -2.76. The summed E-state index contributed by atoms with van der Waals surface area (Å²) in [5.74, 6) is -0.187.